The highest BCUT2D eigenvalue weighted by Gasteiger charge is 2.35. The van der Waals surface area contributed by atoms with Crippen molar-refractivity contribution >= 4 is 17.8 Å². The van der Waals surface area contributed by atoms with Crippen molar-refractivity contribution in [3.8, 4) is 5.75 Å². The Morgan fingerprint density at radius 2 is 2.07 bits per heavy atom. The van der Waals surface area contributed by atoms with Gasteiger partial charge in [0.15, 0.2) is 0 Å². The number of rotatable bonds is 8. The fraction of sp³-hybridized carbons (Fsp3) is 0.571. The first-order chi connectivity index (χ1) is 14.1. The lowest BCUT2D eigenvalue weighted by Crippen LogP contribution is -2.57. The Bertz CT molecular complexity index is 714. The first-order valence-corrected chi connectivity index (χ1v) is 10.2. The van der Waals surface area contributed by atoms with Crippen molar-refractivity contribution in [2.24, 2.45) is 0 Å². The maximum atomic E-state index is 13.0. The van der Waals surface area contributed by atoms with E-state index in [-0.39, 0.29) is 24.3 Å². The number of carbonyl (C=O) groups excluding carboxylic acids is 3. The van der Waals surface area contributed by atoms with E-state index < -0.39 is 12.0 Å². The predicted octanol–water partition coefficient (Wildman–Crippen LogP) is 1.53. The fourth-order valence-electron chi connectivity index (χ4n) is 3.42. The van der Waals surface area contributed by atoms with Crippen molar-refractivity contribution in [2.75, 3.05) is 32.9 Å². The van der Waals surface area contributed by atoms with Crippen LogP contribution in [0.1, 0.15) is 43.0 Å². The summed E-state index contributed by atoms with van der Waals surface area (Å²) < 4.78 is 16.3. The molecule has 29 heavy (non-hydrogen) atoms. The first-order valence-electron chi connectivity index (χ1n) is 10.2. The van der Waals surface area contributed by atoms with Gasteiger partial charge in [-0.25, -0.2) is 0 Å². The van der Waals surface area contributed by atoms with E-state index >= 15 is 0 Å². The zero-order valence-electron chi connectivity index (χ0n) is 16.7. The predicted molar refractivity (Wildman–Crippen MR) is 105 cm³/mol. The van der Waals surface area contributed by atoms with Gasteiger partial charge in [-0.3, -0.25) is 14.4 Å². The van der Waals surface area contributed by atoms with E-state index in [1.54, 1.807) is 24.3 Å². The number of nitrogens with one attached hydrogen (secondary N) is 1. The smallest absolute Gasteiger partial charge is 0.308 e. The van der Waals surface area contributed by atoms with E-state index in [4.69, 9.17) is 14.2 Å². The molecular weight excluding hydrogens is 376 g/mol. The summed E-state index contributed by atoms with van der Waals surface area (Å²) >= 11 is 0. The van der Waals surface area contributed by atoms with Gasteiger partial charge >= 0.3 is 5.97 Å². The van der Waals surface area contributed by atoms with Crippen molar-refractivity contribution in [1.82, 2.24) is 10.2 Å². The van der Waals surface area contributed by atoms with Crippen LogP contribution in [-0.4, -0.2) is 67.7 Å². The van der Waals surface area contributed by atoms with E-state index in [1.165, 1.54) is 4.90 Å². The fourth-order valence-corrected chi connectivity index (χ4v) is 3.42. The number of amides is 2. The molecule has 1 N–H and O–H groups in total. The second-order valence-corrected chi connectivity index (χ2v) is 7.20. The van der Waals surface area contributed by atoms with E-state index in [1.807, 2.05) is 6.92 Å². The van der Waals surface area contributed by atoms with Crippen LogP contribution in [0.4, 0.5) is 0 Å². The van der Waals surface area contributed by atoms with Gasteiger partial charge in [0.25, 0.3) is 5.91 Å². The Morgan fingerprint density at radius 1 is 1.28 bits per heavy atom. The average molecular weight is 404 g/mol. The highest BCUT2D eigenvalue weighted by atomic mass is 16.5. The summed E-state index contributed by atoms with van der Waals surface area (Å²) in [7, 11) is 0. The van der Waals surface area contributed by atoms with Crippen LogP contribution in [-0.2, 0) is 19.1 Å². The molecular formula is C21H28N2O6. The zero-order chi connectivity index (χ0) is 20.6. The number of carbonyl (C=O) groups is 3. The number of hydrogen-bond donors (Lipinski definition) is 1. The van der Waals surface area contributed by atoms with Crippen LogP contribution < -0.4 is 10.1 Å². The summed E-state index contributed by atoms with van der Waals surface area (Å²) in [5.41, 5.74) is 0.441. The molecule has 2 aliphatic rings. The van der Waals surface area contributed by atoms with Crippen LogP contribution in [0.2, 0.25) is 0 Å². The molecule has 3 rings (SSSR count). The van der Waals surface area contributed by atoms with Gasteiger partial charge in [-0.05, 0) is 43.5 Å². The van der Waals surface area contributed by atoms with Crippen molar-refractivity contribution in [3.05, 3.63) is 29.8 Å². The summed E-state index contributed by atoms with van der Waals surface area (Å²) in [6.07, 6.45) is 2.72. The maximum absolute atomic E-state index is 13.0. The summed E-state index contributed by atoms with van der Waals surface area (Å²) in [5, 5.41) is 2.71. The summed E-state index contributed by atoms with van der Waals surface area (Å²) in [5.74, 6) is -0.453. The number of ether oxygens (including phenoxy) is 3. The minimum absolute atomic E-state index is 0.122. The largest absolute Gasteiger partial charge is 0.491 e. The third kappa shape index (κ3) is 5.69. The zero-order valence-corrected chi connectivity index (χ0v) is 16.7. The number of benzene rings is 1. The topological polar surface area (TPSA) is 94.2 Å². The third-order valence-electron chi connectivity index (χ3n) is 4.98. The maximum Gasteiger partial charge on any atom is 0.308 e. The molecule has 2 atom stereocenters. The summed E-state index contributed by atoms with van der Waals surface area (Å²) in [4.78, 5) is 38.7. The minimum Gasteiger partial charge on any atom is -0.491 e. The lowest BCUT2D eigenvalue weighted by Gasteiger charge is -2.34. The molecule has 2 unspecified atom stereocenters. The molecule has 8 nitrogen and oxygen atoms in total. The number of nitrogens with zero attached hydrogens (tertiary/aromatic N) is 1. The Kier molecular flexibility index (Phi) is 7.46. The first kappa shape index (κ1) is 21.1. The van der Waals surface area contributed by atoms with Gasteiger partial charge in [-0.2, -0.15) is 0 Å². The highest BCUT2D eigenvalue weighted by molar-refractivity contribution is 5.99. The van der Waals surface area contributed by atoms with Crippen LogP contribution >= 0.6 is 0 Å². The molecule has 0 radical (unpaired) electrons. The van der Waals surface area contributed by atoms with Crippen molar-refractivity contribution in [1.29, 1.82) is 0 Å². The van der Waals surface area contributed by atoms with Gasteiger partial charge in [0.1, 0.15) is 18.4 Å². The summed E-state index contributed by atoms with van der Waals surface area (Å²) in [6, 6.07) is 5.95. The third-order valence-corrected chi connectivity index (χ3v) is 4.98. The molecule has 2 amide bonds. The standard InChI is InChI=1S/C21H28N2O6/c1-2-11-28-19(24)13-18-20(25)22-9-10-23(18)21(26)15-5-7-16(8-6-15)29-14-17-4-3-12-27-17/h5-8,17-18H,2-4,9-14H2,1H3,(H,22,25). The second kappa shape index (κ2) is 10.2. The Balaban J connectivity index is 1.61. The van der Waals surface area contributed by atoms with Crippen LogP contribution in [0.15, 0.2) is 24.3 Å². The van der Waals surface area contributed by atoms with Crippen LogP contribution in [0.25, 0.3) is 0 Å². The quantitative estimate of drug-likeness (QED) is 0.661. The number of hydrogen-bond acceptors (Lipinski definition) is 6. The average Bonchev–Trinajstić information content (AvgIpc) is 3.26. The Labute approximate surface area is 170 Å². The summed E-state index contributed by atoms with van der Waals surface area (Å²) in [6.45, 7) is 4.15. The molecule has 2 heterocycles. The van der Waals surface area contributed by atoms with E-state index in [9.17, 15) is 14.4 Å². The number of piperazine rings is 1. The molecule has 158 valence electrons. The van der Waals surface area contributed by atoms with Crippen LogP contribution in [0.3, 0.4) is 0 Å². The molecule has 2 aliphatic heterocycles. The van der Waals surface area contributed by atoms with Crippen molar-refractivity contribution in [3.63, 3.8) is 0 Å². The molecule has 2 fully saturated rings. The van der Waals surface area contributed by atoms with Crippen molar-refractivity contribution < 1.29 is 28.6 Å². The van der Waals surface area contributed by atoms with Crippen molar-refractivity contribution in [2.45, 2.75) is 44.8 Å². The molecule has 0 bridgehead atoms. The Morgan fingerprint density at radius 3 is 2.76 bits per heavy atom. The van der Waals surface area contributed by atoms with E-state index in [0.717, 1.165) is 19.4 Å². The van der Waals surface area contributed by atoms with Crippen LogP contribution in [0, 0.1) is 0 Å². The lowest BCUT2D eigenvalue weighted by atomic mass is 10.1. The number of esters is 1. The molecule has 1 aromatic rings. The van der Waals surface area contributed by atoms with E-state index in [0.29, 0.717) is 44.0 Å². The van der Waals surface area contributed by atoms with Gasteiger partial charge in [-0.15, -0.1) is 0 Å². The van der Waals surface area contributed by atoms with Gasteiger partial charge in [0, 0.05) is 25.3 Å². The van der Waals surface area contributed by atoms with Gasteiger partial charge in [0.2, 0.25) is 5.91 Å². The highest BCUT2D eigenvalue weighted by Crippen LogP contribution is 2.19. The molecule has 2 saturated heterocycles. The van der Waals surface area contributed by atoms with Gasteiger partial charge < -0.3 is 24.4 Å². The van der Waals surface area contributed by atoms with Gasteiger partial charge in [0.05, 0.1) is 19.1 Å². The van der Waals surface area contributed by atoms with Crippen LogP contribution in [0.5, 0.6) is 5.75 Å². The normalized spacial score (nSPS) is 21.6. The molecule has 8 heteroatoms. The SMILES string of the molecule is CCCOC(=O)CC1C(=O)NCCN1C(=O)c1ccc(OCC2CCCO2)cc1. The lowest BCUT2D eigenvalue weighted by molar-refractivity contribution is -0.147. The Hall–Kier alpha value is -2.61. The molecule has 0 aromatic heterocycles. The molecule has 0 aliphatic carbocycles. The molecule has 0 saturated carbocycles. The van der Waals surface area contributed by atoms with Gasteiger partial charge in [-0.1, -0.05) is 6.92 Å². The second-order valence-electron chi connectivity index (χ2n) is 7.20. The monoisotopic (exact) mass is 404 g/mol. The molecule has 0 spiro atoms. The minimum atomic E-state index is -0.865. The molecule has 1 aromatic carbocycles. The van der Waals surface area contributed by atoms with E-state index in [2.05, 4.69) is 5.32 Å².